The molecule has 210 valence electrons. The standard InChI is InChI=1S/C29H37N3O6S/c1-6-37-27(34)21-8-7-11-31(16-21)24(33)15-22-17-39-29-30-20(4)25(28(35)38-13-12-36-5)26(32(22)29)23-10-9-18(2)14-19(23)3/h9-10,14,17,21,26H,6-8,11-13,15-16H2,1-5H3/t21-,26-/m0/s1. The molecule has 0 N–H and O–H groups in total. The first-order valence-corrected chi connectivity index (χ1v) is 14.2. The Morgan fingerprint density at radius 1 is 1.13 bits per heavy atom. The van der Waals surface area contributed by atoms with Crippen LogP contribution in [0.1, 0.15) is 55.8 Å². The Hall–Kier alpha value is -3.11. The van der Waals surface area contributed by atoms with Gasteiger partial charge in [0.15, 0.2) is 5.17 Å². The molecule has 0 bridgehead atoms. The number of piperidine rings is 1. The summed E-state index contributed by atoms with van der Waals surface area (Å²) >= 11 is 1.44. The smallest absolute Gasteiger partial charge is 0.338 e. The van der Waals surface area contributed by atoms with E-state index in [1.54, 1.807) is 18.9 Å². The lowest BCUT2D eigenvalue weighted by Gasteiger charge is -2.38. The molecule has 3 heterocycles. The summed E-state index contributed by atoms with van der Waals surface area (Å²) in [6.45, 7) is 9.38. The van der Waals surface area contributed by atoms with E-state index >= 15 is 0 Å². The van der Waals surface area contributed by atoms with Gasteiger partial charge in [-0.15, -0.1) is 0 Å². The van der Waals surface area contributed by atoms with Crippen LogP contribution in [0.15, 0.2) is 45.6 Å². The van der Waals surface area contributed by atoms with Crippen molar-refractivity contribution >= 4 is 34.8 Å². The topological polar surface area (TPSA) is 97.7 Å². The molecule has 1 aromatic rings. The van der Waals surface area contributed by atoms with E-state index in [0.717, 1.165) is 40.4 Å². The predicted octanol–water partition coefficient (Wildman–Crippen LogP) is 4.26. The fourth-order valence-electron chi connectivity index (χ4n) is 5.28. The number of hydrogen-bond acceptors (Lipinski definition) is 9. The van der Waals surface area contributed by atoms with Gasteiger partial charge in [-0.05, 0) is 57.1 Å². The highest BCUT2D eigenvalue weighted by atomic mass is 32.2. The Balaban J connectivity index is 1.62. The summed E-state index contributed by atoms with van der Waals surface area (Å²) in [5.74, 6) is -1.06. The highest BCUT2D eigenvalue weighted by Gasteiger charge is 2.42. The minimum atomic E-state index is -0.490. The van der Waals surface area contributed by atoms with Crippen molar-refractivity contribution in [1.29, 1.82) is 0 Å². The number of esters is 2. The van der Waals surface area contributed by atoms with E-state index in [-0.39, 0.29) is 30.8 Å². The normalized spacial score (nSPS) is 20.8. The zero-order valence-corrected chi connectivity index (χ0v) is 24.1. The third-order valence-electron chi connectivity index (χ3n) is 7.19. The summed E-state index contributed by atoms with van der Waals surface area (Å²) in [5, 5.41) is 2.66. The second-order valence-electron chi connectivity index (χ2n) is 9.99. The van der Waals surface area contributed by atoms with Crippen LogP contribution < -0.4 is 0 Å². The van der Waals surface area contributed by atoms with Crippen LogP contribution >= 0.6 is 11.8 Å². The Morgan fingerprint density at radius 3 is 2.64 bits per heavy atom. The third kappa shape index (κ3) is 6.38. The van der Waals surface area contributed by atoms with Crippen LogP contribution in [0.5, 0.6) is 0 Å². The van der Waals surface area contributed by atoms with Crippen molar-refractivity contribution in [3.63, 3.8) is 0 Å². The van der Waals surface area contributed by atoms with Gasteiger partial charge in [-0.25, -0.2) is 9.79 Å². The van der Waals surface area contributed by atoms with Gasteiger partial charge in [0.05, 0.1) is 42.9 Å². The monoisotopic (exact) mass is 555 g/mol. The largest absolute Gasteiger partial charge is 0.466 e. The second kappa shape index (κ2) is 12.8. The van der Waals surface area contributed by atoms with Gasteiger partial charge in [-0.3, -0.25) is 9.59 Å². The van der Waals surface area contributed by atoms with Crippen LogP contribution in [-0.4, -0.2) is 72.8 Å². The van der Waals surface area contributed by atoms with Crippen molar-refractivity contribution in [3.05, 3.63) is 57.3 Å². The number of aliphatic imine (C=N–C) groups is 1. The molecule has 1 fully saturated rings. The first kappa shape index (κ1) is 28.9. The van der Waals surface area contributed by atoms with Crippen molar-refractivity contribution in [2.75, 3.05) is 40.0 Å². The molecule has 0 spiro atoms. The van der Waals surface area contributed by atoms with E-state index in [9.17, 15) is 14.4 Å². The number of hydrogen-bond donors (Lipinski definition) is 0. The predicted molar refractivity (Wildman–Crippen MR) is 150 cm³/mol. The number of carbonyl (C=O) groups excluding carboxylic acids is 3. The molecule has 0 aromatic heterocycles. The molecule has 9 nitrogen and oxygen atoms in total. The molecule has 1 saturated heterocycles. The third-order valence-corrected chi connectivity index (χ3v) is 8.08. The van der Waals surface area contributed by atoms with Gasteiger partial charge in [0.1, 0.15) is 6.61 Å². The summed E-state index contributed by atoms with van der Waals surface area (Å²) in [5.41, 5.74) is 4.91. The molecule has 0 radical (unpaired) electrons. The Morgan fingerprint density at radius 2 is 1.92 bits per heavy atom. The molecule has 1 aromatic carbocycles. The van der Waals surface area contributed by atoms with Gasteiger partial charge in [-0.1, -0.05) is 35.5 Å². The molecular weight excluding hydrogens is 518 g/mol. The molecule has 10 heteroatoms. The van der Waals surface area contributed by atoms with Gasteiger partial charge < -0.3 is 24.0 Å². The molecule has 2 atom stereocenters. The number of amides is 1. The molecule has 3 aliphatic rings. The molecule has 0 saturated carbocycles. The molecule has 1 amide bonds. The number of likely N-dealkylation sites (tertiary alicyclic amines) is 1. The van der Waals surface area contributed by atoms with Crippen molar-refractivity contribution in [2.24, 2.45) is 10.9 Å². The number of amidine groups is 1. The number of aryl methyl sites for hydroxylation is 2. The average Bonchev–Trinajstić information content (AvgIpc) is 3.30. The zero-order valence-electron chi connectivity index (χ0n) is 23.3. The quantitative estimate of drug-likeness (QED) is 0.329. The van der Waals surface area contributed by atoms with Gasteiger partial charge in [0.25, 0.3) is 0 Å². The van der Waals surface area contributed by atoms with Gasteiger partial charge in [0, 0.05) is 25.9 Å². The number of carbonyl (C=O) groups is 3. The van der Waals surface area contributed by atoms with Crippen molar-refractivity contribution in [2.45, 2.75) is 53.0 Å². The van der Waals surface area contributed by atoms with Crippen LogP contribution in [-0.2, 0) is 28.6 Å². The number of fused-ring (bicyclic) bond motifs is 1. The van der Waals surface area contributed by atoms with Crippen molar-refractivity contribution in [3.8, 4) is 0 Å². The maximum atomic E-state index is 13.5. The van der Waals surface area contributed by atoms with E-state index in [0.29, 0.717) is 37.6 Å². The highest BCUT2D eigenvalue weighted by Crippen LogP contribution is 2.45. The number of rotatable bonds is 9. The van der Waals surface area contributed by atoms with Crippen molar-refractivity contribution in [1.82, 2.24) is 9.80 Å². The van der Waals surface area contributed by atoms with Crippen LogP contribution in [0.25, 0.3) is 0 Å². The molecule has 0 unspecified atom stereocenters. The highest BCUT2D eigenvalue weighted by molar-refractivity contribution is 8.16. The lowest BCUT2D eigenvalue weighted by Crippen LogP contribution is -2.44. The SMILES string of the molecule is CCOC(=O)[C@H]1CCCN(C(=O)CC2=CSC3=NC(C)=C(C(=O)OCCOC)[C@H](c4ccc(C)cc4C)N23)C1. The summed E-state index contributed by atoms with van der Waals surface area (Å²) in [6, 6.07) is 5.66. The van der Waals surface area contributed by atoms with E-state index < -0.39 is 12.0 Å². The van der Waals surface area contributed by atoms with Gasteiger partial charge >= 0.3 is 11.9 Å². The fourth-order valence-corrected chi connectivity index (χ4v) is 6.24. The number of benzene rings is 1. The van der Waals surface area contributed by atoms with Gasteiger partial charge in [-0.2, -0.15) is 0 Å². The van der Waals surface area contributed by atoms with Crippen LogP contribution in [0, 0.1) is 19.8 Å². The number of nitrogens with zero attached hydrogens (tertiary/aromatic N) is 3. The zero-order chi connectivity index (χ0) is 28.1. The molecule has 0 aliphatic carbocycles. The number of thioether (sulfide) groups is 1. The fraction of sp³-hybridized carbons (Fsp3) is 0.517. The second-order valence-corrected chi connectivity index (χ2v) is 10.8. The molecule has 4 rings (SSSR count). The average molecular weight is 556 g/mol. The van der Waals surface area contributed by atoms with Crippen LogP contribution in [0.4, 0.5) is 0 Å². The van der Waals surface area contributed by atoms with Gasteiger partial charge in [0.2, 0.25) is 5.91 Å². The maximum absolute atomic E-state index is 13.5. The first-order valence-electron chi connectivity index (χ1n) is 13.4. The minimum absolute atomic E-state index is 0.0630. The number of methoxy groups -OCH3 is 1. The van der Waals surface area contributed by atoms with E-state index in [2.05, 4.69) is 6.07 Å². The summed E-state index contributed by atoms with van der Waals surface area (Å²) in [7, 11) is 1.56. The van der Waals surface area contributed by atoms with Crippen molar-refractivity contribution < 1.29 is 28.6 Å². The number of allylic oxidation sites excluding steroid dienone is 1. The minimum Gasteiger partial charge on any atom is -0.466 e. The van der Waals surface area contributed by atoms with E-state index in [1.165, 1.54) is 11.8 Å². The van der Waals surface area contributed by atoms with Crippen LogP contribution in [0.2, 0.25) is 0 Å². The Kier molecular flexibility index (Phi) is 9.50. The summed E-state index contributed by atoms with van der Waals surface area (Å²) in [6.07, 6.45) is 1.61. The molecular formula is C29H37N3O6S. The molecule has 39 heavy (non-hydrogen) atoms. The lowest BCUT2D eigenvalue weighted by molar-refractivity contribution is -0.151. The summed E-state index contributed by atoms with van der Waals surface area (Å²) in [4.78, 5) is 47.7. The Bertz CT molecular complexity index is 1220. The van der Waals surface area contributed by atoms with E-state index in [1.807, 2.05) is 43.2 Å². The van der Waals surface area contributed by atoms with E-state index in [4.69, 9.17) is 19.2 Å². The Labute approximate surface area is 234 Å². The molecule has 3 aliphatic heterocycles. The summed E-state index contributed by atoms with van der Waals surface area (Å²) < 4.78 is 15.8. The lowest BCUT2D eigenvalue weighted by atomic mass is 9.90. The maximum Gasteiger partial charge on any atom is 0.338 e. The van der Waals surface area contributed by atoms with Crippen LogP contribution in [0.3, 0.4) is 0 Å². The first-order chi connectivity index (χ1) is 18.7. The number of ether oxygens (including phenoxy) is 3.